The van der Waals surface area contributed by atoms with Crippen LogP contribution in [-0.4, -0.2) is 33.8 Å². The van der Waals surface area contributed by atoms with Gasteiger partial charge in [0.25, 0.3) is 11.6 Å². The average Bonchev–Trinajstić information content (AvgIpc) is 2.35. The molecule has 7 nitrogen and oxygen atoms in total. The fraction of sp³-hybridized carbons (Fsp3) is 0.538. The van der Waals surface area contributed by atoms with Gasteiger partial charge in [-0.2, -0.15) is 0 Å². The van der Waals surface area contributed by atoms with E-state index in [-0.39, 0.29) is 29.0 Å². The summed E-state index contributed by atoms with van der Waals surface area (Å²) < 4.78 is 0. The van der Waals surface area contributed by atoms with Crippen LogP contribution in [0.1, 0.15) is 36.5 Å². The molecule has 1 amide bonds. The Morgan fingerprint density at radius 2 is 2.25 bits per heavy atom. The van der Waals surface area contributed by atoms with Crippen LogP contribution >= 0.6 is 0 Å². The summed E-state index contributed by atoms with van der Waals surface area (Å²) in [6, 6.07) is 1.28. The van der Waals surface area contributed by atoms with Crippen molar-refractivity contribution in [2.24, 2.45) is 5.92 Å². The molecule has 1 aliphatic carbocycles. The Hall–Kier alpha value is -2.18. The Kier molecular flexibility index (Phi) is 3.87. The number of carbonyl (C=O) groups excluding carboxylic acids is 1. The first-order chi connectivity index (χ1) is 9.41. The van der Waals surface area contributed by atoms with E-state index in [4.69, 9.17) is 5.73 Å². The molecule has 1 saturated carbocycles. The second-order valence-corrected chi connectivity index (χ2v) is 5.23. The molecule has 1 aromatic rings. The summed E-state index contributed by atoms with van der Waals surface area (Å²) in [5, 5.41) is 10.8. The zero-order valence-electron chi connectivity index (χ0n) is 11.6. The lowest BCUT2D eigenvalue weighted by Gasteiger charge is -2.37. The van der Waals surface area contributed by atoms with Crippen molar-refractivity contribution in [2.75, 3.05) is 12.8 Å². The number of aromatic nitrogens is 1. The molecule has 0 saturated heterocycles. The quantitative estimate of drug-likeness (QED) is 0.668. The van der Waals surface area contributed by atoms with Gasteiger partial charge in [-0.3, -0.25) is 14.9 Å². The standard InChI is InChI=1S/C13H18N4O3/c1-8(9-4-3-5-9)16(2)13(18)11-6-10(17(19)20)7-15-12(11)14/h6-9H,3-5H2,1-2H3,(H2,14,15). The maximum Gasteiger partial charge on any atom is 0.288 e. The van der Waals surface area contributed by atoms with Gasteiger partial charge >= 0.3 is 0 Å². The first kappa shape index (κ1) is 14.2. The van der Waals surface area contributed by atoms with E-state index in [9.17, 15) is 14.9 Å². The topological polar surface area (TPSA) is 102 Å². The average molecular weight is 278 g/mol. The van der Waals surface area contributed by atoms with Crippen molar-refractivity contribution in [1.29, 1.82) is 0 Å². The molecule has 1 unspecified atom stereocenters. The van der Waals surface area contributed by atoms with E-state index in [1.807, 2.05) is 6.92 Å². The highest BCUT2D eigenvalue weighted by Crippen LogP contribution is 2.32. The molecular weight excluding hydrogens is 260 g/mol. The van der Waals surface area contributed by atoms with E-state index in [2.05, 4.69) is 4.98 Å². The molecule has 7 heteroatoms. The predicted octanol–water partition coefficient (Wildman–Crippen LogP) is 1.83. The molecule has 0 bridgehead atoms. The number of nitrogens with zero attached hydrogens (tertiary/aromatic N) is 3. The fourth-order valence-electron chi connectivity index (χ4n) is 2.35. The Bertz CT molecular complexity index is 542. The molecule has 0 radical (unpaired) electrons. The van der Waals surface area contributed by atoms with E-state index in [1.54, 1.807) is 11.9 Å². The fourth-order valence-corrected chi connectivity index (χ4v) is 2.35. The minimum absolute atomic E-state index is 0.0215. The molecule has 1 aromatic heterocycles. The van der Waals surface area contributed by atoms with Gasteiger partial charge in [-0.05, 0) is 25.7 Å². The summed E-state index contributed by atoms with van der Waals surface area (Å²) in [5.41, 5.74) is 5.53. The second kappa shape index (κ2) is 5.44. The number of hydrogen-bond acceptors (Lipinski definition) is 5. The molecule has 0 aromatic carbocycles. The van der Waals surface area contributed by atoms with Crippen molar-refractivity contribution < 1.29 is 9.72 Å². The number of nitrogens with two attached hydrogens (primary N) is 1. The molecule has 0 aliphatic heterocycles. The Labute approximate surface area is 116 Å². The smallest absolute Gasteiger partial charge is 0.288 e. The minimum Gasteiger partial charge on any atom is -0.383 e. The zero-order chi connectivity index (χ0) is 14.9. The van der Waals surface area contributed by atoms with Crippen LogP contribution in [0.4, 0.5) is 11.5 Å². The molecule has 2 rings (SSSR count). The lowest BCUT2D eigenvalue weighted by Crippen LogP contribution is -2.42. The highest BCUT2D eigenvalue weighted by Gasteiger charge is 2.30. The van der Waals surface area contributed by atoms with Gasteiger partial charge in [-0.1, -0.05) is 6.42 Å². The van der Waals surface area contributed by atoms with Gasteiger partial charge in [0, 0.05) is 19.2 Å². The molecule has 1 heterocycles. The normalized spacial score (nSPS) is 16.3. The van der Waals surface area contributed by atoms with E-state index < -0.39 is 4.92 Å². The molecule has 1 atom stereocenters. The summed E-state index contributed by atoms with van der Waals surface area (Å²) in [4.78, 5) is 27.9. The number of anilines is 1. The minimum atomic E-state index is -0.585. The van der Waals surface area contributed by atoms with Gasteiger partial charge in [0.15, 0.2) is 0 Å². The first-order valence-electron chi connectivity index (χ1n) is 6.59. The Balaban J connectivity index is 2.23. The van der Waals surface area contributed by atoms with Crippen LogP contribution in [0.3, 0.4) is 0 Å². The van der Waals surface area contributed by atoms with Crippen LogP contribution in [-0.2, 0) is 0 Å². The van der Waals surface area contributed by atoms with Gasteiger partial charge in [0.05, 0.1) is 10.5 Å². The number of rotatable bonds is 4. The Morgan fingerprint density at radius 1 is 1.60 bits per heavy atom. The third kappa shape index (κ3) is 2.56. The van der Waals surface area contributed by atoms with Crippen molar-refractivity contribution in [3.8, 4) is 0 Å². The monoisotopic (exact) mass is 278 g/mol. The number of hydrogen-bond donors (Lipinski definition) is 1. The maximum absolute atomic E-state index is 12.4. The number of nitro groups is 1. The summed E-state index contributed by atoms with van der Waals surface area (Å²) in [5.74, 6) is 0.197. The van der Waals surface area contributed by atoms with Crippen molar-refractivity contribution in [2.45, 2.75) is 32.2 Å². The third-order valence-electron chi connectivity index (χ3n) is 4.11. The summed E-state index contributed by atoms with van der Waals surface area (Å²) in [6.07, 6.45) is 4.47. The highest BCUT2D eigenvalue weighted by molar-refractivity contribution is 5.98. The van der Waals surface area contributed by atoms with Crippen molar-refractivity contribution in [3.63, 3.8) is 0 Å². The maximum atomic E-state index is 12.4. The van der Waals surface area contributed by atoms with E-state index >= 15 is 0 Å². The lowest BCUT2D eigenvalue weighted by molar-refractivity contribution is -0.385. The molecule has 1 fully saturated rings. The van der Waals surface area contributed by atoms with E-state index in [0.717, 1.165) is 19.0 Å². The van der Waals surface area contributed by atoms with Crippen LogP contribution in [0.25, 0.3) is 0 Å². The number of carbonyl (C=O) groups is 1. The molecule has 0 spiro atoms. The van der Waals surface area contributed by atoms with Crippen LogP contribution in [0.5, 0.6) is 0 Å². The molecule has 2 N–H and O–H groups in total. The van der Waals surface area contributed by atoms with Gasteiger partial charge in [0.2, 0.25) is 0 Å². The van der Waals surface area contributed by atoms with Gasteiger partial charge in [-0.15, -0.1) is 0 Å². The summed E-state index contributed by atoms with van der Waals surface area (Å²) in [6.45, 7) is 1.99. The third-order valence-corrected chi connectivity index (χ3v) is 4.11. The largest absolute Gasteiger partial charge is 0.383 e. The van der Waals surface area contributed by atoms with Gasteiger partial charge in [0.1, 0.15) is 12.0 Å². The first-order valence-corrected chi connectivity index (χ1v) is 6.59. The van der Waals surface area contributed by atoms with Crippen molar-refractivity contribution in [1.82, 2.24) is 9.88 Å². The van der Waals surface area contributed by atoms with E-state index in [1.165, 1.54) is 12.5 Å². The number of pyridine rings is 1. The zero-order valence-corrected chi connectivity index (χ0v) is 11.6. The van der Waals surface area contributed by atoms with Crippen LogP contribution in [0.2, 0.25) is 0 Å². The van der Waals surface area contributed by atoms with Crippen LogP contribution in [0, 0.1) is 16.0 Å². The second-order valence-electron chi connectivity index (χ2n) is 5.23. The summed E-state index contributed by atoms with van der Waals surface area (Å²) >= 11 is 0. The predicted molar refractivity (Wildman–Crippen MR) is 74.2 cm³/mol. The highest BCUT2D eigenvalue weighted by atomic mass is 16.6. The SMILES string of the molecule is CC(C1CCC1)N(C)C(=O)c1cc([N+](=O)[O-])cnc1N. The molecule has 1 aliphatic rings. The number of amides is 1. The van der Waals surface area contributed by atoms with Crippen LogP contribution < -0.4 is 5.73 Å². The Morgan fingerprint density at radius 3 is 2.75 bits per heavy atom. The van der Waals surface area contributed by atoms with Crippen LogP contribution in [0.15, 0.2) is 12.3 Å². The van der Waals surface area contributed by atoms with Gasteiger partial charge in [-0.25, -0.2) is 4.98 Å². The summed E-state index contributed by atoms with van der Waals surface area (Å²) in [7, 11) is 1.70. The number of nitrogen functional groups attached to an aromatic ring is 1. The van der Waals surface area contributed by atoms with E-state index in [0.29, 0.717) is 5.92 Å². The van der Waals surface area contributed by atoms with Crippen molar-refractivity contribution >= 4 is 17.4 Å². The van der Waals surface area contributed by atoms with Gasteiger partial charge < -0.3 is 10.6 Å². The molecular formula is C13H18N4O3. The molecule has 108 valence electrons. The molecule has 20 heavy (non-hydrogen) atoms. The lowest BCUT2D eigenvalue weighted by atomic mass is 9.80. The van der Waals surface area contributed by atoms with Crippen molar-refractivity contribution in [3.05, 3.63) is 27.9 Å².